The van der Waals surface area contributed by atoms with Gasteiger partial charge in [0, 0.05) is 34.4 Å². The molecule has 9 nitrogen and oxygen atoms in total. The fraction of sp³-hybridized carbons (Fsp3) is 0.219. The first-order chi connectivity index (χ1) is 21.6. The standard InChI is InChI=1S/C32H25ClF3N3O6/c1-43-28-11-18(32(41)42)10-27-30(28)31(40)39(38(27)15-21-7-8-44-21)14-19-9-25(36)22(13-24(19)35)26-3-2-4-29(37-26)45-16-17-5-6-20(33)12-23(17)34/h2-6,9-13,21H,7-8,14-16H2,1H3,(H,41,42)/t21-/m0/s1. The van der Waals surface area contributed by atoms with Crippen LogP contribution in [0.2, 0.25) is 5.02 Å². The second-order valence-corrected chi connectivity index (χ2v) is 10.8. The fourth-order valence-corrected chi connectivity index (χ4v) is 5.31. The minimum atomic E-state index is -1.22. The van der Waals surface area contributed by atoms with Crippen LogP contribution in [0.4, 0.5) is 13.2 Å². The minimum absolute atomic E-state index is 0.0471. The lowest BCUT2D eigenvalue weighted by Gasteiger charge is -2.28. The highest BCUT2D eigenvalue weighted by Gasteiger charge is 2.26. The third kappa shape index (κ3) is 5.98. The van der Waals surface area contributed by atoms with Crippen molar-refractivity contribution in [1.29, 1.82) is 0 Å². The predicted molar refractivity (Wildman–Crippen MR) is 158 cm³/mol. The summed E-state index contributed by atoms with van der Waals surface area (Å²) >= 11 is 5.79. The number of carbonyl (C=O) groups is 1. The van der Waals surface area contributed by atoms with E-state index in [0.29, 0.717) is 13.0 Å². The van der Waals surface area contributed by atoms with Crippen LogP contribution in [0.5, 0.6) is 11.6 Å². The number of halogens is 4. The number of methoxy groups -OCH3 is 1. The number of aromatic carboxylic acids is 1. The van der Waals surface area contributed by atoms with E-state index < -0.39 is 29.0 Å². The Kier molecular flexibility index (Phi) is 8.26. The van der Waals surface area contributed by atoms with E-state index in [2.05, 4.69) is 4.98 Å². The van der Waals surface area contributed by atoms with Crippen LogP contribution in [-0.4, -0.2) is 45.2 Å². The van der Waals surface area contributed by atoms with Gasteiger partial charge in [0.25, 0.3) is 5.56 Å². The lowest BCUT2D eigenvalue weighted by molar-refractivity contribution is -0.0618. The monoisotopic (exact) mass is 639 g/mol. The van der Waals surface area contributed by atoms with E-state index in [-0.39, 0.29) is 81.3 Å². The van der Waals surface area contributed by atoms with Gasteiger partial charge in [-0.2, -0.15) is 0 Å². The molecule has 3 heterocycles. The zero-order valence-corrected chi connectivity index (χ0v) is 24.5. The second-order valence-electron chi connectivity index (χ2n) is 10.4. The number of ether oxygens (including phenoxy) is 3. The Balaban J connectivity index is 1.33. The van der Waals surface area contributed by atoms with Crippen LogP contribution in [0.25, 0.3) is 22.2 Å². The van der Waals surface area contributed by atoms with Crippen LogP contribution in [0.3, 0.4) is 0 Å². The predicted octanol–water partition coefficient (Wildman–Crippen LogP) is 6.06. The fourth-order valence-electron chi connectivity index (χ4n) is 5.15. The first-order valence-electron chi connectivity index (χ1n) is 13.8. The molecular weight excluding hydrogens is 615 g/mol. The maximum atomic E-state index is 15.6. The molecular formula is C32H25ClF3N3O6. The van der Waals surface area contributed by atoms with Crippen molar-refractivity contribution in [1.82, 2.24) is 14.3 Å². The number of aromatic nitrogens is 3. The van der Waals surface area contributed by atoms with Gasteiger partial charge in [-0.3, -0.25) is 9.48 Å². The maximum Gasteiger partial charge on any atom is 0.335 e. The van der Waals surface area contributed by atoms with E-state index in [1.54, 1.807) is 6.07 Å². The van der Waals surface area contributed by atoms with Gasteiger partial charge in [0.1, 0.15) is 35.2 Å². The normalized spacial score (nSPS) is 14.4. The summed E-state index contributed by atoms with van der Waals surface area (Å²) in [4.78, 5) is 29.7. The average molecular weight is 640 g/mol. The molecule has 0 radical (unpaired) electrons. The van der Waals surface area contributed by atoms with E-state index in [0.717, 1.165) is 18.2 Å². The molecule has 0 bridgehead atoms. The molecule has 1 N–H and O–H groups in total. The van der Waals surface area contributed by atoms with E-state index in [4.69, 9.17) is 25.8 Å². The molecule has 232 valence electrons. The number of pyridine rings is 1. The molecule has 45 heavy (non-hydrogen) atoms. The number of rotatable bonds is 10. The lowest BCUT2D eigenvalue weighted by atomic mass is 10.1. The maximum absolute atomic E-state index is 15.6. The number of hydrogen-bond donors (Lipinski definition) is 1. The zero-order chi connectivity index (χ0) is 31.8. The molecule has 2 aromatic heterocycles. The van der Waals surface area contributed by atoms with Gasteiger partial charge in [0.15, 0.2) is 0 Å². The van der Waals surface area contributed by atoms with Gasteiger partial charge in [0.05, 0.1) is 43.1 Å². The number of hydrogen-bond acceptors (Lipinski definition) is 6. The third-order valence-electron chi connectivity index (χ3n) is 7.58. The van der Waals surface area contributed by atoms with E-state index in [1.807, 2.05) is 0 Å². The largest absolute Gasteiger partial charge is 0.496 e. The minimum Gasteiger partial charge on any atom is -0.496 e. The summed E-state index contributed by atoms with van der Waals surface area (Å²) in [5, 5.41) is 9.96. The summed E-state index contributed by atoms with van der Waals surface area (Å²) in [6.07, 6.45) is 0.470. The van der Waals surface area contributed by atoms with Crippen LogP contribution >= 0.6 is 11.6 Å². The van der Waals surface area contributed by atoms with Gasteiger partial charge >= 0.3 is 5.97 Å². The molecule has 1 aliphatic rings. The van der Waals surface area contributed by atoms with Crippen LogP contribution in [0.15, 0.2) is 65.5 Å². The number of carboxylic acids is 1. The second kappa shape index (κ2) is 12.3. The van der Waals surface area contributed by atoms with Gasteiger partial charge in [-0.1, -0.05) is 23.7 Å². The molecule has 0 saturated carbocycles. The van der Waals surface area contributed by atoms with Crippen molar-refractivity contribution in [2.45, 2.75) is 32.2 Å². The van der Waals surface area contributed by atoms with Crippen LogP contribution < -0.4 is 15.0 Å². The van der Waals surface area contributed by atoms with Crippen molar-refractivity contribution in [3.05, 3.63) is 110 Å². The summed E-state index contributed by atoms with van der Waals surface area (Å²) in [6.45, 7) is 0.196. The van der Waals surface area contributed by atoms with Crippen molar-refractivity contribution in [3.8, 4) is 22.9 Å². The van der Waals surface area contributed by atoms with Crippen molar-refractivity contribution < 1.29 is 37.3 Å². The lowest BCUT2D eigenvalue weighted by Crippen LogP contribution is -2.35. The topological polar surface area (TPSA) is 105 Å². The van der Waals surface area contributed by atoms with Gasteiger partial charge in [0.2, 0.25) is 5.88 Å². The Bertz CT molecular complexity index is 2010. The first kappa shape index (κ1) is 30.2. The Labute approximate surface area is 258 Å². The SMILES string of the molecule is COc1cc(C(=O)O)cc2c1c(=O)n(Cc1cc(F)c(-c3cccc(OCc4ccc(Cl)cc4F)n3)cc1F)n2C[C@@H]1CCO1. The molecule has 1 saturated heterocycles. The summed E-state index contributed by atoms with van der Waals surface area (Å²) in [5.74, 6) is -3.26. The third-order valence-corrected chi connectivity index (χ3v) is 7.82. The molecule has 6 rings (SSSR count). The van der Waals surface area contributed by atoms with Gasteiger partial charge in [-0.15, -0.1) is 0 Å². The molecule has 13 heteroatoms. The number of fused-ring (bicyclic) bond motifs is 1. The molecule has 1 aliphatic heterocycles. The highest BCUT2D eigenvalue weighted by molar-refractivity contribution is 6.30. The molecule has 0 aliphatic carbocycles. The molecule has 0 spiro atoms. The molecule has 5 aromatic rings. The summed E-state index contributed by atoms with van der Waals surface area (Å²) in [7, 11) is 1.31. The highest BCUT2D eigenvalue weighted by Crippen LogP contribution is 2.30. The molecule has 1 atom stereocenters. The van der Waals surface area contributed by atoms with Crippen LogP contribution in [0.1, 0.15) is 27.9 Å². The van der Waals surface area contributed by atoms with Crippen molar-refractivity contribution in [3.63, 3.8) is 0 Å². The van der Waals surface area contributed by atoms with Crippen molar-refractivity contribution in [2.75, 3.05) is 13.7 Å². The Morgan fingerprint density at radius 2 is 1.82 bits per heavy atom. The number of carboxylic acid groups (broad SMARTS) is 1. The van der Waals surface area contributed by atoms with E-state index in [1.165, 1.54) is 52.9 Å². The van der Waals surface area contributed by atoms with E-state index in [9.17, 15) is 19.1 Å². The molecule has 1 fully saturated rings. The highest BCUT2D eigenvalue weighted by atomic mass is 35.5. The molecule has 3 aromatic carbocycles. The average Bonchev–Trinajstić information content (AvgIpc) is 3.25. The zero-order valence-electron chi connectivity index (χ0n) is 23.7. The molecule has 0 amide bonds. The van der Waals surface area contributed by atoms with Gasteiger partial charge in [-0.05, 0) is 48.9 Å². The summed E-state index contributed by atoms with van der Waals surface area (Å²) in [5.41, 5.74) is -0.357. The van der Waals surface area contributed by atoms with Crippen molar-refractivity contribution >= 4 is 28.5 Å². The quantitative estimate of drug-likeness (QED) is 0.198. The molecule has 0 unspecified atom stereocenters. The number of benzene rings is 3. The van der Waals surface area contributed by atoms with Gasteiger partial charge in [-0.25, -0.2) is 27.6 Å². The Morgan fingerprint density at radius 1 is 1.04 bits per heavy atom. The van der Waals surface area contributed by atoms with Crippen molar-refractivity contribution in [2.24, 2.45) is 0 Å². The Morgan fingerprint density at radius 3 is 2.51 bits per heavy atom. The van der Waals surface area contributed by atoms with Crippen LogP contribution in [-0.2, 0) is 24.4 Å². The first-order valence-corrected chi connectivity index (χ1v) is 14.2. The summed E-state index contributed by atoms with van der Waals surface area (Å²) in [6, 6.07) is 13.2. The summed E-state index contributed by atoms with van der Waals surface area (Å²) < 4.78 is 64.5. The Hall–Kier alpha value is -4.81. The smallest absolute Gasteiger partial charge is 0.335 e. The number of nitrogens with zero attached hydrogens (tertiary/aromatic N) is 3. The van der Waals surface area contributed by atoms with Gasteiger partial charge < -0.3 is 19.3 Å². The van der Waals surface area contributed by atoms with E-state index >= 15 is 8.78 Å². The van der Waals surface area contributed by atoms with Crippen LogP contribution in [0, 0.1) is 17.5 Å².